The Labute approximate surface area is 316 Å². The molecule has 6 heteroatoms. The summed E-state index contributed by atoms with van der Waals surface area (Å²) >= 11 is 0. The van der Waals surface area contributed by atoms with Gasteiger partial charge in [0.05, 0.1) is 25.4 Å². The number of nitrogens with one attached hydrogen (secondary N) is 1. The van der Waals surface area contributed by atoms with E-state index in [4.69, 9.17) is 4.74 Å². The molecular formula is C45H85NO5. The van der Waals surface area contributed by atoms with Gasteiger partial charge >= 0.3 is 5.97 Å². The standard InChI is InChI=1S/C45H85NO5/c1-3-5-7-9-11-13-15-16-18-21-25-29-33-37-43(48)42(41-47)46-44(49)38-34-30-26-22-19-20-24-28-32-36-40-51-45(50)39-35-31-27-23-17-14-12-10-8-6-4-2/h20,24,33,37,42-43,47-48H,3-19,21-23,25-32,34-36,38-41H2,1-2H3,(H,46,49)/b24-20-,37-33+. The molecule has 2 unspecified atom stereocenters. The first-order chi connectivity index (χ1) is 25.0. The fourth-order valence-corrected chi connectivity index (χ4v) is 6.51. The normalized spacial score (nSPS) is 12.9. The number of amides is 1. The van der Waals surface area contributed by atoms with Crippen molar-refractivity contribution in [1.82, 2.24) is 5.32 Å². The van der Waals surface area contributed by atoms with E-state index in [1.165, 1.54) is 122 Å². The largest absolute Gasteiger partial charge is 0.466 e. The number of aliphatic hydroxyl groups excluding tert-OH is 2. The maximum Gasteiger partial charge on any atom is 0.305 e. The molecule has 6 nitrogen and oxygen atoms in total. The predicted octanol–water partition coefficient (Wildman–Crippen LogP) is 12.4. The number of hydrogen-bond acceptors (Lipinski definition) is 5. The van der Waals surface area contributed by atoms with Crippen molar-refractivity contribution in [2.75, 3.05) is 13.2 Å². The van der Waals surface area contributed by atoms with E-state index in [1.54, 1.807) is 6.08 Å². The van der Waals surface area contributed by atoms with Gasteiger partial charge in [-0.2, -0.15) is 0 Å². The molecule has 0 heterocycles. The lowest BCUT2D eigenvalue weighted by Gasteiger charge is -2.20. The molecule has 0 fully saturated rings. The van der Waals surface area contributed by atoms with Crippen LogP contribution in [0.25, 0.3) is 0 Å². The van der Waals surface area contributed by atoms with Crippen LogP contribution in [0.5, 0.6) is 0 Å². The highest BCUT2D eigenvalue weighted by molar-refractivity contribution is 5.76. The van der Waals surface area contributed by atoms with E-state index in [-0.39, 0.29) is 18.5 Å². The first-order valence-corrected chi connectivity index (χ1v) is 22.1. The van der Waals surface area contributed by atoms with E-state index < -0.39 is 12.1 Å². The Balaban J connectivity index is 3.60. The highest BCUT2D eigenvalue weighted by atomic mass is 16.5. The van der Waals surface area contributed by atoms with Gasteiger partial charge in [-0.25, -0.2) is 0 Å². The van der Waals surface area contributed by atoms with Crippen LogP contribution >= 0.6 is 0 Å². The van der Waals surface area contributed by atoms with Gasteiger partial charge < -0.3 is 20.3 Å². The van der Waals surface area contributed by atoms with Gasteiger partial charge in [0.15, 0.2) is 0 Å². The van der Waals surface area contributed by atoms with Crippen LogP contribution in [0, 0.1) is 0 Å². The summed E-state index contributed by atoms with van der Waals surface area (Å²) in [6.07, 6.45) is 45.9. The Bertz CT molecular complexity index is 797. The maximum absolute atomic E-state index is 12.4. The van der Waals surface area contributed by atoms with E-state index in [0.717, 1.165) is 77.0 Å². The van der Waals surface area contributed by atoms with Gasteiger partial charge in [0.1, 0.15) is 0 Å². The molecule has 0 aliphatic rings. The molecular weight excluding hydrogens is 634 g/mol. The molecule has 51 heavy (non-hydrogen) atoms. The van der Waals surface area contributed by atoms with Gasteiger partial charge in [0.25, 0.3) is 0 Å². The molecule has 0 aromatic carbocycles. The fraction of sp³-hybridized carbons (Fsp3) is 0.867. The van der Waals surface area contributed by atoms with Crippen LogP contribution in [0.1, 0.15) is 226 Å². The highest BCUT2D eigenvalue weighted by Gasteiger charge is 2.18. The number of carbonyl (C=O) groups is 2. The lowest BCUT2D eigenvalue weighted by Crippen LogP contribution is -2.45. The predicted molar refractivity (Wildman–Crippen MR) is 218 cm³/mol. The van der Waals surface area contributed by atoms with Crippen molar-refractivity contribution in [1.29, 1.82) is 0 Å². The van der Waals surface area contributed by atoms with E-state index >= 15 is 0 Å². The van der Waals surface area contributed by atoms with Crippen molar-refractivity contribution >= 4 is 11.9 Å². The topological polar surface area (TPSA) is 95.9 Å². The number of carbonyl (C=O) groups excluding carboxylic acids is 2. The summed E-state index contributed by atoms with van der Waals surface area (Å²) in [4.78, 5) is 24.3. The first kappa shape index (κ1) is 49.3. The summed E-state index contributed by atoms with van der Waals surface area (Å²) in [5.41, 5.74) is 0. The summed E-state index contributed by atoms with van der Waals surface area (Å²) in [6, 6.07) is -0.650. The van der Waals surface area contributed by atoms with Gasteiger partial charge in [0.2, 0.25) is 5.91 Å². The lowest BCUT2D eigenvalue weighted by molar-refractivity contribution is -0.143. The van der Waals surface area contributed by atoms with Crippen LogP contribution in [-0.2, 0) is 14.3 Å². The Morgan fingerprint density at radius 1 is 0.529 bits per heavy atom. The molecule has 0 aliphatic heterocycles. The minimum atomic E-state index is -0.863. The first-order valence-electron chi connectivity index (χ1n) is 22.1. The molecule has 1 amide bonds. The van der Waals surface area contributed by atoms with Crippen LogP contribution in [0.3, 0.4) is 0 Å². The second-order valence-corrected chi connectivity index (χ2v) is 15.0. The zero-order valence-corrected chi connectivity index (χ0v) is 33.8. The van der Waals surface area contributed by atoms with Crippen LogP contribution in [0.4, 0.5) is 0 Å². The second kappa shape index (κ2) is 41.1. The minimum absolute atomic E-state index is 0.0397. The molecule has 300 valence electrons. The second-order valence-electron chi connectivity index (χ2n) is 15.0. The van der Waals surface area contributed by atoms with Gasteiger partial charge in [-0.1, -0.05) is 179 Å². The number of allylic oxidation sites excluding steroid dienone is 3. The summed E-state index contributed by atoms with van der Waals surface area (Å²) in [5.74, 6) is -0.145. The summed E-state index contributed by atoms with van der Waals surface area (Å²) in [6.45, 7) is 4.79. The van der Waals surface area contributed by atoms with Crippen molar-refractivity contribution in [3.05, 3.63) is 24.3 Å². The Hall–Kier alpha value is -1.66. The molecule has 2 atom stereocenters. The third kappa shape index (κ3) is 37.9. The summed E-state index contributed by atoms with van der Waals surface area (Å²) in [5, 5.41) is 22.9. The number of unbranched alkanes of at least 4 members (excludes halogenated alkanes) is 27. The average molecular weight is 720 g/mol. The Kier molecular flexibility index (Phi) is 39.8. The van der Waals surface area contributed by atoms with Crippen molar-refractivity contribution in [3.63, 3.8) is 0 Å². The number of aliphatic hydroxyl groups is 2. The van der Waals surface area contributed by atoms with Gasteiger partial charge in [0, 0.05) is 12.8 Å². The van der Waals surface area contributed by atoms with Crippen molar-refractivity contribution < 1.29 is 24.5 Å². The van der Waals surface area contributed by atoms with E-state index in [0.29, 0.717) is 19.4 Å². The van der Waals surface area contributed by atoms with E-state index in [1.807, 2.05) is 6.08 Å². The van der Waals surface area contributed by atoms with E-state index in [2.05, 4.69) is 31.3 Å². The summed E-state index contributed by atoms with van der Waals surface area (Å²) < 4.78 is 5.40. The van der Waals surface area contributed by atoms with Crippen molar-refractivity contribution in [3.8, 4) is 0 Å². The highest BCUT2D eigenvalue weighted by Crippen LogP contribution is 2.14. The van der Waals surface area contributed by atoms with Crippen LogP contribution in [0.2, 0.25) is 0 Å². The maximum atomic E-state index is 12.4. The van der Waals surface area contributed by atoms with Crippen LogP contribution in [-0.4, -0.2) is 47.4 Å². The fourth-order valence-electron chi connectivity index (χ4n) is 6.51. The zero-order valence-electron chi connectivity index (χ0n) is 33.8. The number of ether oxygens (including phenoxy) is 1. The van der Waals surface area contributed by atoms with Crippen molar-refractivity contribution in [2.24, 2.45) is 0 Å². The molecule has 0 bridgehead atoms. The number of hydrogen-bond donors (Lipinski definition) is 3. The molecule has 0 aromatic rings. The molecule has 0 spiro atoms. The average Bonchev–Trinajstić information content (AvgIpc) is 3.13. The van der Waals surface area contributed by atoms with Gasteiger partial charge in [-0.3, -0.25) is 9.59 Å². The third-order valence-electron chi connectivity index (χ3n) is 9.97. The molecule has 0 rings (SSSR count). The minimum Gasteiger partial charge on any atom is -0.466 e. The molecule has 0 radical (unpaired) electrons. The van der Waals surface area contributed by atoms with Gasteiger partial charge in [-0.15, -0.1) is 0 Å². The molecule has 0 aliphatic carbocycles. The van der Waals surface area contributed by atoms with Crippen LogP contribution in [0.15, 0.2) is 24.3 Å². The molecule has 0 aromatic heterocycles. The lowest BCUT2D eigenvalue weighted by atomic mass is 10.0. The molecule has 0 saturated heterocycles. The Morgan fingerprint density at radius 2 is 0.922 bits per heavy atom. The van der Waals surface area contributed by atoms with Crippen LogP contribution < -0.4 is 5.32 Å². The monoisotopic (exact) mass is 720 g/mol. The van der Waals surface area contributed by atoms with Gasteiger partial charge in [-0.05, 0) is 57.8 Å². The van der Waals surface area contributed by atoms with Crippen molar-refractivity contribution in [2.45, 2.75) is 238 Å². The summed E-state index contributed by atoms with van der Waals surface area (Å²) in [7, 11) is 0. The number of esters is 1. The van der Waals surface area contributed by atoms with E-state index in [9.17, 15) is 19.8 Å². The quantitative estimate of drug-likeness (QED) is 0.0333. The number of rotatable bonds is 40. The zero-order chi connectivity index (χ0) is 37.3. The SMILES string of the molecule is CCCCCCCCCCCCC/C=C/C(O)C(CO)NC(=O)CCCCCC/C=C\CCCCOC(=O)CCCCCCCCCCCCC. The molecule has 0 saturated carbocycles. The molecule has 3 N–H and O–H groups in total. The third-order valence-corrected chi connectivity index (χ3v) is 9.97. The Morgan fingerprint density at radius 3 is 1.39 bits per heavy atom. The smallest absolute Gasteiger partial charge is 0.305 e.